The summed E-state index contributed by atoms with van der Waals surface area (Å²) in [6.45, 7) is 0. The number of imide groups is 1. The van der Waals surface area contributed by atoms with Crippen LogP contribution in [0.4, 0.5) is 28.4 Å². The second-order valence-corrected chi connectivity index (χ2v) is 10.4. The number of hydrogen-bond donors (Lipinski definition) is 2. The summed E-state index contributed by atoms with van der Waals surface area (Å²) in [5.74, 6) is -1.86. The minimum Gasteiger partial charge on any atom is -0.457 e. The van der Waals surface area contributed by atoms with E-state index in [2.05, 4.69) is 10.6 Å². The summed E-state index contributed by atoms with van der Waals surface area (Å²) in [5.41, 5.74) is 0.684. The molecule has 4 amide bonds. The van der Waals surface area contributed by atoms with E-state index in [1.54, 1.807) is 30.3 Å². The topological polar surface area (TPSA) is 191 Å². The smallest absolute Gasteiger partial charge is 0.270 e. The highest BCUT2D eigenvalue weighted by molar-refractivity contribution is 6.34. The van der Waals surface area contributed by atoms with E-state index in [9.17, 15) is 39.4 Å². The van der Waals surface area contributed by atoms with Crippen LogP contribution in [0, 0.1) is 20.2 Å². The van der Waals surface area contributed by atoms with Crippen molar-refractivity contribution in [1.29, 1.82) is 0 Å². The lowest BCUT2D eigenvalue weighted by Crippen LogP contribution is -2.29. The molecule has 236 valence electrons. The second-order valence-electron chi connectivity index (χ2n) is 10.4. The molecular formula is C34H21N5O9. The fourth-order valence-corrected chi connectivity index (χ4v) is 4.94. The average molecular weight is 644 g/mol. The van der Waals surface area contributed by atoms with Gasteiger partial charge in [-0.1, -0.05) is 24.3 Å². The Bertz CT molecular complexity index is 2180. The number of non-ortho nitro benzene ring substituents is 2. The van der Waals surface area contributed by atoms with E-state index in [4.69, 9.17) is 4.74 Å². The summed E-state index contributed by atoms with van der Waals surface area (Å²) in [7, 11) is 0. The quantitative estimate of drug-likeness (QED) is 0.101. The van der Waals surface area contributed by atoms with Crippen molar-refractivity contribution in [2.24, 2.45) is 0 Å². The first-order valence-corrected chi connectivity index (χ1v) is 14.1. The summed E-state index contributed by atoms with van der Waals surface area (Å²) in [6.07, 6.45) is 0. The summed E-state index contributed by atoms with van der Waals surface area (Å²) in [4.78, 5) is 74.1. The molecule has 0 saturated heterocycles. The average Bonchev–Trinajstić information content (AvgIpc) is 3.33. The number of rotatable bonds is 9. The van der Waals surface area contributed by atoms with Gasteiger partial charge in [0.2, 0.25) is 0 Å². The van der Waals surface area contributed by atoms with Crippen molar-refractivity contribution >= 4 is 52.1 Å². The van der Waals surface area contributed by atoms with E-state index in [1.807, 2.05) is 0 Å². The van der Waals surface area contributed by atoms with Gasteiger partial charge >= 0.3 is 0 Å². The number of hydrogen-bond acceptors (Lipinski definition) is 9. The molecule has 0 fully saturated rings. The summed E-state index contributed by atoms with van der Waals surface area (Å²) in [6, 6.07) is 27.3. The number of nitro benzene ring substituents is 2. The zero-order valence-electron chi connectivity index (χ0n) is 24.5. The van der Waals surface area contributed by atoms with Gasteiger partial charge in [-0.05, 0) is 60.7 Å². The van der Waals surface area contributed by atoms with Gasteiger partial charge in [-0.25, -0.2) is 4.90 Å². The van der Waals surface area contributed by atoms with E-state index < -0.39 is 33.5 Å². The van der Waals surface area contributed by atoms with Crippen LogP contribution in [-0.4, -0.2) is 33.5 Å². The Balaban J connectivity index is 1.16. The number of carbonyl (C=O) groups excluding carboxylic acids is 4. The molecule has 5 aromatic carbocycles. The highest BCUT2D eigenvalue weighted by atomic mass is 16.6. The highest BCUT2D eigenvalue weighted by Crippen LogP contribution is 2.34. The standard InChI is InChI=1S/C34H21N5O9/c40-31(20-5-1-10-25(15-20)38(44)45)35-22-7-3-9-24(17-22)37-33(42)29-14-13-28(19-30(29)34(37)43)48-27-12-4-8-23(18-27)36-32(41)21-6-2-11-26(16-21)39(46)47/h1-19H,(H,35,40)(H,36,41). The van der Waals surface area contributed by atoms with Gasteiger partial charge in [0.05, 0.1) is 26.7 Å². The van der Waals surface area contributed by atoms with Crippen molar-refractivity contribution in [3.05, 3.63) is 158 Å². The van der Waals surface area contributed by atoms with Crippen LogP contribution in [0.1, 0.15) is 41.4 Å². The van der Waals surface area contributed by atoms with Crippen LogP contribution < -0.4 is 20.3 Å². The monoisotopic (exact) mass is 643 g/mol. The molecule has 2 N–H and O–H groups in total. The second kappa shape index (κ2) is 12.6. The maximum absolute atomic E-state index is 13.5. The number of fused-ring (bicyclic) bond motifs is 1. The van der Waals surface area contributed by atoms with Crippen molar-refractivity contribution in [3.8, 4) is 11.5 Å². The van der Waals surface area contributed by atoms with Gasteiger partial charge in [0.15, 0.2) is 0 Å². The number of carbonyl (C=O) groups is 4. The van der Waals surface area contributed by atoms with Gasteiger partial charge < -0.3 is 15.4 Å². The summed E-state index contributed by atoms with van der Waals surface area (Å²) >= 11 is 0. The molecule has 0 spiro atoms. The first kappa shape index (κ1) is 30.8. The SMILES string of the molecule is O=C(Nc1cccc(Oc2ccc3c(c2)C(=O)N(c2cccc(NC(=O)c4cccc([N+](=O)[O-])c4)c2)C3=O)c1)c1cccc([N+](=O)[O-])c1. The van der Waals surface area contributed by atoms with Crippen molar-refractivity contribution < 1.29 is 33.8 Å². The summed E-state index contributed by atoms with van der Waals surface area (Å²) in [5, 5.41) is 27.4. The van der Waals surface area contributed by atoms with Crippen LogP contribution in [-0.2, 0) is 0 Å². The molecule has 1 heterocycles. The number of ether oxygens (including phenoxy) is 1. The lowest BCUT2D eigenvalue weighted by atomic mass is 10.1. The fourth-order valence-electron chi connectivity index (χ4n) is 4.94. The van der Waals surface area contributed by atoms with E-state index >= 15 is 0 Å². The van der Waals surface area contributed by atoms with Crippen LogP contribution in [0.25, 0.3) is 0 Å². The molecule has 5 aromatic rings. The van der Waals surface area contributed by atoms with E-state index in [1.165, 1.54) is 72.8 Å². The third-order valence-electron chi connectivity index (χ3n) is 7.19. The Kier molecular flexibility index (Phi) is 8.11. The molecule has 0 atom stereocenters. The molecule has 6 rings (SSSR count). The Labute approximate surface area is 270 Å². The predicted molar refractivity (Wildman–Crippen MR) is 173 cm³/mol. The first-order chi connectivity index (χ1) is 23.1. The molecule has 1 aliphatic heterocycles. The van der Waals surface area contributed by atoms with Gasteiger partial charge in [0, 0.05) is 52.8 Å². The van der Waals surface area contributed by atoms with Crippen molar-refractivity contribution in [2.45, 2.75) is 0 Å². The van der Waals surface area contributed by atoms with Gasteiger partial charge in [-0.3, -0.25) is 39.4 Å². The Morgan fingerprint density at radius 3 is 1.71 bits per heavy atom. The molecule has 0 unspecified atom stereocenters. The molecule has 0 aromatic heterocycles. The molecule has 0 radical (unpaired) electrons. The number of nitrogens with zero attached hydrogens (tertiary/aromatic N) is 3. The van der Waals surface area contributed by atoms with Gasteiger partial charge in [0.1, 0.15) is 11.5 Å². The maximum atomic E-state index is 13.5. The molecule has 0 bridgehead atoms. The van der Waals surface area contributed by atoms with Crippen LogP contribution in [0.2, 0.25) is 0 Å². The van der Waals surface area contributed by atoms with Crippen molar-refractivity contribution in [1.82, 2.24) is 0 Å². The largest absolute Gasteiger partial charge is 0.457 e. The Morgan fingerprint density at radius 2 is 1.10 bits per heavy atom. The molecule has 0 aliphatic carbocycles. The molecule has 0 saturated carbocycles. The number of amides is 4. The maximum Gasteiger partial charge on any atom is 0.270 e. The number of anilines is 3. The molecule has 14 heteroatoms. The van der Waals surface area contributed by atoms with E-state index in [0.29, 0.717) is 11.4 Å². The lowest BCUT2D eigenvalue weighted by Gasteiger charge is -2.15. The zero-order chi connectivity index (χ0) is 33.9. The van der Waals surface area contributed by atoms with Crippen LogP contribution >= 0.6 is 0 Å². The molecule has 48 heavy (non-hydrogen) atoms. The van der Waals surface area contributed by atoms with Crippen molar-refractivity contribution in [3.63, 3.8) is 0 Å². The molecule has 1 aliphatic rings. The first-order valence-electron chi connectivity index (χ1n) is 14.1. The highest BCUT2D eigenvalue weighted by Gasteiger charge is 2.37. The van der Waals surface area contributed by atoms with Crippen molar-refractivity contribution in [2.75, 3.05) is 15.5 Å². The Morgan fingerprint density at radius 1 is 0.583 bits per heavy atom. The Hall–Kier alpha value is -7.22. The minimum atomic E-state index is -0.624. The third-order valence-corrected chi connectivity index (χ3v) is 7.19. The van der Waals surface area contributed by atoms with E-state index in [0.717, 1.165) is 17.0 Å². The van der Waals surface area contributed by atoms with Crippen LogP contribution in [0.3, 0.4) is 0 Å². The molecular weight excluding hydrogens is 622 g/mol. The normalized spacial score (nSPS) is 11.9. The fraction of sp³-hybridized carbons (Fsp3) is 0. The summed E-state index contributed by atoms with van der Waals surface area (Å²) < 4.78 is 5.92. The third kappa shape index (κ3) is 6.29. The van der Waals surface area contributed by atoms with Gasteiger partial charge in [-0.2, -0.15) is 0 Å². The zero-order valence-corrected chi connectivity index (χ0v) is 24.5. The van der Waals surface area contributed by atoms with Crippen LogP contribution in [0.15, 0.2) is 115 Å². The number of nitrogens with one attached hydrogen (secondary N) is 2. The number of nitro groups is 2. The predicted octanol–water partition coefficient (Wildman–Crippen LogP) is 6.60. The number of benzene rings is 5. The van der Waals surface area contributed by atoms with Gasteiger partial charge in [0.25, 0.3) is 35.0 Å². The minimum absolute atomic E-state index is 0.0539. The van der Waals surface area contributed by atoms with E-state index in [-0.39, 0.29) is 50.8 Å². The van der Waals surface area contributed by atoms with Gasteiger partial charge in [-0.15, -0.1) is 0 Å². The van der Waals surface area contributed by atoms with Crippen LogP contribution in [0.5, 0.6) is 11.5 Å². The lowest BCUT2D eigenvalue weighted by molar-refractivity contribution is -0.385. The molecule has 14 nitrogen and oxygen atoms in total.